The summed E-state index contributed by atoms with van der Waals surface area (Å²) in [5.41, 5.74) is -0.156. The average molecular weight is 255 g/mol. The molecule has 0 aliphatic rings. The van der Waals surface area contributed by atoms with Crippen LogP contribution < -0.4 is 5.11 Å². The topological polar surface area (TPSA) is 127 Å². The Morgan fingerprint density at radius 3 is 2.22 bits per heavy atom. The zero-order valence-electron chi connectivity index (χ0n) is 9.25. The molecule has 0 amide bonds. The first-order valence-electron chi connectivity index (χ1n) is 5.03. The fourth-order valence-electron chi connectivity index (χ4n) is 1.19. The third-order valence-electron chi connectivity index (χ3n) is 2.06. The first kappa shape index (κ1) is 13.6. The molecule has 0 unspecified atom stereocenters. The summed E-state index contributed by atoms with van der Waals surface area (Å²) in [6.07, 6.45) is -0.135. The maximum Gasteiger partial charge on any atom is 0.338 e. The van der Waals surface area contributed by atoms with Crippen LogP contribution in [0, 0.1) is 0 Å². The number of phenolic OH excluding ortho intramolecular Hbond substituents is 3. The zero-order valence-corrected chi connectivity index (χ0v) is 9.25. The van der Waals surface area contributed by atoms with Crippen LogP contribution >= 0.6 is 0 Å². The second kappa shape index (κ2) is 5.76. The number of ether oxygens (including phenoxy) is 1. The van der Waals surface area contributed by atoms with Crippen molar-refractivity contribution in [2.45, 2.75) is 12.8 Å². The van der Waals surface area contributed by atoms with Gasteiger partial charge in [0.2, 0.25) is 0 Å². The Kier molecular flexibility index (Phi) is 4.36. The monoisotopic (exact) mass is 255 g/mol. The van der Waals surface area contributed by atoms with E-state index >= 15 is 0 Å². The SMILES string of the molecule is O=C([O-])CCCOC(=O)c1cc(O)c(O)c(O)c1. The van der Waals surface area contributed by atoms with Crippen molar-refractivity contribution in [1.82, 2.24) is 0 Å². The van der Waals surface area contributed by atoms with Gasteiger partial charge in [0.05, 0.1) is 12.2 Å². The number of hydrogen-bond acceptors (Lipinski definition) is 7. The molecular weight excluding hydrogens is 244 g/mol. The van der Waals surface area contributed by atoms with Gasteiger partial charge in [0, 0.05) is 5.97 Å². The molecule has 7 nitrogen and oxygen atoms in total. The molecule has 0 saturated heterocycles. The number of hydrogen-bond donors (Lipinski definition) is 3. The molecule has 0 atom stereocenters. The molecule has 0 aromatic heterocycles. The molecule has 18 heavy (non-hydrogen) atoms. The lowest BCUT2D eigenvalue weighted by molar-refractivity contribution is -0.305. The van der Waals surface area contributed by atoms with Crippen LogP contribution in [0.3, 0.4) is 0 Å². The van der Waals surface area contributed by atoms with E-state index in [9.17, 15) is 24.9 Å². The highest BCUT2D eigenvalue weighted by atomic mass is 16.5. The summed E-state index contributed by atoms with van der Waals surface area (Å²) in [7, 11) is 0. The Labute approximate surface area is 102 Å². The first-order valence-corrected chi connectivity index (χ1v) is 5.03. The summed E-state index contributed by atoms with van der Waals surface area (Å²) in [6, 6.07) is 1.85. The number of aliphatic carboxylic acids is 1. The summed E-state index contributed by atoms with van der Waals surface area (Å²) >= 11 is 0. The van der Waals surface area contributed by atoms with E-state index in [1.54, 1.807) is 0 Å². The van der Waals surface area contributed by atoms with Crippen molar-refractivity contribution >= 4 is 11.9 Å². The van der Waals surface area contributed by atoms with Gasteiger partial charge in [-0.2, -0.15) is 0 Å². The fourth-order valence-corrected chi connectivity index (χ4v) is 1.19. The van der Waals surface area contributed by atoms with Crippen LogP contribution in [0.2, 0.25) is 0 Å². The molecule has 1 rings (SSSR count). The minimum atomic E-state index is -1.24. The molecule has 0 spiro atoms. The van der Waals surface area contributed by atoms with Gasteiger partial charge in [-0.1, -0.05) is 0 Å². The maximum atomic E-state index is 11.4. The summed E-state index contributed by atoms with van der Waals surface area (Å²) in [5, 5.41) is 37.5. The maximum absolute atomic E-state index is 11.4. The van der Waals surface area contributed by atoms with Crippen LogP contribution in [0.5, 0.6) is 17.2 Å². The molecule has 7 heteroatoms. The van der Waals surface area contributed by atoms with Crippen molar-refractivity contribution < 1.29 is 34.8 Å². The van der Waals surface area contributed by atoms with Crippen LogP contribution in [0.25, 0.3) is 0 Å². The molecule has 3 N–H and O–H groups in total. The Bertz CT molecular complexity index is 443. The highest BCUT2D eigenvalue weighted by Gasteiger charge is 2.14. The van der Waals surface area contributed by atoms with E-state index in [4.69, 9.17) is 9.84 Å². The van der Waals surface area contributed by atoms with E-state index in [0.717, 1.165) is 12.1 Å². The number of rotatable bonds is 5. The summed E-state index contributed by atoms with van der Waals surface area (Å²) < 4.78 is 4.69. The van der Waals surface area contributed by atoms with Crippen molar-refractivity contribution in [3.8, 4) is 17.2 Å². The molecule has 0 saturated carbocycles. The van der Waals surface area contributed by atoms with Gasteiger partial charge in [-0.15, -0.1) is 0 Å². The molecule has 0 aliphatic heterocycles. The normalized spacial score (nSPS) is 10.0. The molecule has 0 bridgehead atoms. The van der Waals surface area contributed by atoms with Crippen molar-refractivity contribution in [1.29, 1.82) is 0 Å². The molecule has 0 aliphatic carbocycles. The Morgan fingerprint density at radius 1 is 1.17 bits per heavy atom. The number of aromatic hydroxyl groups is 3. The third kappa shape index (κ3) is 3.55. The number of benzene rings is 1. The van der Waals surface area contributed by atoms with E-state index in [-0.39, 0.29) is 25.0 Å². The van der Waals surface area contributed by atoms with E-state index < -0.39 is 29.2 Å². The van der Waals surface area contributed by atoms with Crippen LogP contribution in [-0.2, 0) is 9.53 Å². The van der Waals surface area contributed by atoms with Gasteiger partial charge in [0.1, 0.15) is 0 Å². The minimum absolute atomic E-state index is 0.101. The van der Waals surface area contributed by atoms with Crippen LogP contribution in [0.15, 0.2) is 12.1 Å². The third-order valence-corrected chi connectivity index (χ3v) is 2.06. The molecule has 1 aromatic rings. The summed E-state index contributed by atoms with van der Waals surface area (Å²) in [5.74, 6) is -4.14. The van der Waals surface area contributed by atoms with E-state index in [2.05, 4.69) is 0 Å². The number of esters is 1. The van der Waals surface area contributed by atoms with Crippen molar-refractivity contribution in [2.24, 2.45) is 0 Å². The van der Waals surface area contributed by atoms with Crippen LogP contribution in [-0.4, -0.2) is 33.9 Å². The van der Waals surface area contributed by atoms with Gasteiger partial charge in [-0.3, -0.25) is 0 Å². The van der Waals surface area contributed by atoms with Crippen molar-refractivity contribution in [3.05, 3.63) is 17.7 Å². The predicted octanol–water partition coefficient (Wildman–Crippen LogP) is -0.510. The van der Waals surface area contributed by atoms with Gasteiger partial charge >= 0.3 is 5.97 Å². The standard InChI is InChI=1S/C11H12O7/c12-7-4-6(5-8(13)10(7)16)11(17)18-3-1-2-9(14)15/h4-5,12-13,16H,1-3H2,(H,14,15)/p-1. The lowest BCUT2D eigenvalue weighted by Crippen LogP contribution is -2.22. The van der Waals surface area contributed by atoms with E-state index in [0.29, 0.717) is 0 Å². The minimum Gasteiger partial charge on any atom is -0.550 e. The van der Waals surface area contributed by atoms with Crippen molar-refractivity contribution in [3.63, 3.8) is 0 Å². The summed E-state index contributed by atoms with van der Waals surface area (Å²) in [6.45, 7) is -0.130. The second-order valence-corrected chi connectivity index (χ2v) is 3.47. The lowest BCUT2D eigenvalue weighted by atomic mass is 10.2. The van der Waals surface area contributed by atoms with Crippen molar-refractivity contribution in [2.75, 3.05) is 6.61 Å². The smallest absolute Gasteiger partial charge is 0.338 e. The first-order chi connectivity index (χ1) is 8.41. The fraction of sp³-hybridized carbons (Fsp3) is 0.273. The number of carbonyl (C=O) groups excluding carboxylic acids is 2. The van der Waals surface area contributed by atoms with Gasteiger partial charge in [0.15, 0.2) is 17.2 Å². The van der Waals surface area contributed by atoms with E-state index in [1.165, 1.54) is 0 Å². The molecule has 1 aromatic carbocycles. The zero-order chi connectivity index (χ0) is 13.7. The van der Waals surface area contributed by atoms with Crippen LogP contribution in [0.1, 0.15) is 23.2 Å². The number of carbonyl (C=O) groups is 2. The van der Waals surface area contributed by atoms with Gasteiger partial charge in [-0.25, -0.2) is 4.79 Å². The quantitative estimate of drug-likeness (QED) is 0.367. The largest absolute Gasteiger partial charge is 0.550 e. The van der Waals surface area contributed by atoms with Gasteiger partial charge in [-0.05, 0) is 25.0 Å². The lowest BCUT2D eigenvalue weighted by Gasteiger charge is -2.07. The number of carboxylic acid groups (broad SMARTS) is 1. The second-order valence-electron chi connectivity index (χ2n) is 3.47. The Balaban J connectivity index is 2.59. The molecule has 0 radical (unpaired) electrons. The Morgan fingerprint density at radius 2 is 1.72 bits per heavy atom. The highest BCUT2D eigenvalue weighted by molar-refractivity contribution is 5.91. The van der Waals surface area contributed by atoms with Gasteiger partial charge in [0.25, 0.3) is 0 Å². The molecule has 0 fully saturated rings. The number of carboxylic acids is 1. The predicted molar refractivity (Wildman–Crippen MR) is 56.0 cm³/mol. The van der Waals surface area contributed by atoms with Crippen LogP contribution in [0.4, 0.5) is 0 Å². The van der Waals surface area contributed by atoms with E-state index in [1.807, 2.05) is 0 Å². The average Bonchev–Trinajstić information content (AvgIpc) is 2.30. The summed E-state index contributed by atoms with van der Waals surface area (Å²) in [4.78, 5) is 21.5. The highest BCUT2D eigenvalue weighted by Crippen LogP contribution is 2.35. The molecular formula is C11H11O7-. The Hall–Kier alpha value is -2.44. The molecule has 98 valence electrons. The van der Waals surface area contributed by atoms with Gasteiger partial charge < -0.3 is 30.0 Å². The number of phenols is 3. The molecule has 0 heterocycles.